The normalized spacial score (nSPS) is 21.3. The van der Waals surface area contributed by atoms with Gasteiger partial charge in [-0.25, -0.2) is 0 Å². The summed E-state index contributed by atoms with van der Waals surface area (Å²) in [4.78, 5) is 15.6. The monoisotopic (exact) mass is 349 g/mol. The molecule has 3 nitrogen and oxygen atoms in total. The first kappa shape index (κ1) is 14.6. The molecule has 21 heavy (non-hydrogen) atoms. The highest BCUT2D eigenvalue weighted by atomic mass is 79.9. The molecule has 1 aromatic heterocycles. The first-order chi connectivity index (χ1) is 10.0. The van der Waals surface area contributed by atoms with Crippen molar-refractivity contribution in [2.45, 2.75) is 39.5 Å². The number of carbonyl (C=O) groups is 1. The fourth-order valence-corrected chi connectivity index (χ4v) is 4.04. The summed E-state index contributed by atoms with van der Waals surface area (Å²) in [6.07, 6.45) is 1.61. The number of ether oxygens (including phenoxy) is 1. The zero-order valence-corrected chi connectivity index (χ0v) is 14.2. The topological polar surface area (TPSA) is 42.1 Å². The number of hydrogen-bond acceptors (Lipinski definition) is 2. The fourth-order valence-electron chi connectivity index (χ4n) is 3.49. The van der Waals surface area contributed by atoms with Crippen molar-refractivity contribution in [2.75, 3.05) is 6.61 Å². The molecule has 0 saturated heterocycles. The molecule has 0 radical (unpaired) electrons. The maximum atomic E-state index is 12.1. The lowest BCUT2D eigenvalue weighted by molar-refractivity contribution is -0.148. The lowest BCUT2D eigenvalue weighted by Crippen LogP contribution is -2.26. The minimum atomic E-state index is -0.0653. The Morgan fingerprint density at radius 1 is 1.48 bits per heavy atom. The summed E-state index contributed by atoms with van der Waals surface area (Å²) in [6, 6.07) is 4.22. The summed E-state index contributed by atoms with van der Waals surface area (Å²) in [5, 5.41) is 1.28. The molecule has 1 heterocycles. The molecule has 112 valence electrons. The van der Waals surface area contributed by atoms with Gasteiger partial charge in [-0.2, -0.15) is 0 Å². The number of hydrogen-bond donors (Lipinski definition) is 1. The standard InChI is InChI=1S/C17H20BrNO2/c1-4-21-17(20)11-7-10(3)14-13(8-11)19-16-9(2)5-6-12(18)15(14)16/h5-6,10-11,19H,4,7-8H2,1-3H3. The number of nitrogens with one attached hydrogen (secondary N) is 1. The van der Waals surface area contributed by atoms with Gasteiger partial charge in [0, 0.05) is 27.5 Å². The third kappa shape index (κ3) is 2.39. The van der Waals surface area contributed by atoms with Crippen LogP contribution in [0.1, 0.15) is 43.0 Å². The third-order valence-corrected chi connectivity index (χ3v) is 5.10. The van der Waals surface area contributed by atoms with Crippen molar-refractivity contribution in [2.24, 2.45) is 5.92 Å². The third-order valence-electron chi connectivity index (χ3n) is 4.43. The number of aryl methyl sites for hydroxylation is 1. The Morgan fingerprint density at radius 2 is 2.24 bits per heavy atom. The van der Waals surface area contributed by atoms with E-state index in [4.69, 9.17) is 4.74 Å². The van der Waals surface area contributed by atoms with E-state index >= 15 is 0 Å². The molecule has 1 N–H and O–H groups in total. The van der Waals surface area contributed by atoms with Crippen molar-refractivity contribution in [1.29, 1.82) is 0 Å². The molecule has 2 unspecified atom stereocenters. The van der Waals surface area contributed by atoms with Crippen LogP contribution >= 0.6 is 15.9 Å². The average molecular weight is 350 g/mol. The Morgan fingerprint density at radius 3 is 2.95 bits per heavy atom. The SMILES string of the molecule is CCOC(=O)C1Cc2[nH]c3c(C)ccc(Br)c3c2C(C)C1. The molecular formula is C17H20BrNO2. The molecule has 0 fully saturated rings. The van der Waals surface area contributed by atoms with Gasteiger partial charge in [0.15, 0.2) is 0 Å². The van der Waals surface area contributed by atoms with Crippen LogP contribution in [0.2, 0.25) is 0 Å². The summed E-state index contributed by atoms with van der Waals surface area (Å²) in [7, 11) is 0. The number of carbonyl (C=O) groups excluding carboxylic acids is 1. The van der Waals surface area contributed by atoms with E-state index in [2.05, 4.69) is 46.9 Å². The highest BCUT2D eigenvalue weighted by Gasteiger charge is 2.33. The quantitative estimate of drug-likeness (QED) is 0.812. The van der Waals surface area contributed by atoms with Gasteiger partial charge in [0.1, 0.15) is 0 Å². The lowest BCUT2D eigenvalue weighted by Gasteiger charge is -2.26. The minimum Gasteiger partial charge on any atom is -0.466 e. The second-order valence-electron chi connectivity index (χ2n) is 5.92. The van der Waals surface area contributed by atoms with Crippen molar-refractivity contribution >= 4 is 32.8 Å². The maximum Gasteiger partial charge on any atom is 0.309 e. The highest BCUT2D eigenvalue weighted by molar-refractivity contribution is 9.10. The van der Waals surface area contributed by atoms with Crippen LogP contribution in [0.15, 0.2) is 16.6 Å². The molecule has 0 saturated carbocycles. The Balaban J connectivity index is 2.08. The summed E-state index contributed by atoms with van der Waals surface area (Å²) in [6.45, 7) is 6.63. The molecule has 1 aliphatic carbocycles. The number of benzene rings is 1. The van der Waals surface area contributed by atoms with E-state index in [1.165, 1.54) is 27.7 Å². The van der Waals surface area contributed by atoms with E-state index in [0.29, 0.717) is 12.5 Å². The van der Waals surface area contributed by atoms with Crippen molar-refractivity contribution in [3.05, 3.63) is 33.4 Å². The highest BCUT2D eigenvalue weighted by Crippen LogP contribution is 2.42. The number of fused-ring (bicyclic) bond motifs is 3. The Bertz CT molecular complexity index is 704. The lowest BCUT2D eigenvalue weighted by atomic mass is 9.80. The van der Waals surface area contributed by atoms with Crippen LogP contribution in [0, 0.1) is 12.8 Å². The number of rotatable bonds is 2. The van der Waals surface area contributed by atoms with Gasteiger partial charge < -0.3 is 9.72 Å². The smallest absolute Gasteiger partial charge is 0.309 e. The Hall–Kier alpha value is -1.29. The molecule has 4 heteroatoms. The molecule has 1 aliphatic rings. The van der Waals surface area contributed by atoms with Crippen LogP contribution in [0.25, 0.3) is 10.9 Å². The fraction of sp³-hybridized carbons (Fsp3) is 0.471. The molecule has 0 spiro atoms. The van der Waals surface area contributed by atoms with Crippen LogP contribution in [-0.4, -0.2) is 17.6 Å². The summed E-state index contributed by atoms with van der Waals surface area (Å²) in [5.41, 5.74) is 4.98. The molecular weight excluding hydrogens is 330 g/mol. The molecule has 2 aromatic rings. The van der Waals surface area contributed by atoms with Gasteiger partial charge in [-0.05, 0) is 43.4 Å². The maximum absolute atomic E-state index is 12.1. The predicted molar refractivity (Wildman–Crippen MR) is 87.6 cm³/mol. The van der Waals surface area contributed by atoms with E-state index in [-0.39, 0.29) is 11.9 Å². The first-order valence-electron chi connectivity index (χ1n) is 7.49. The molecule has 3 rings (SSSR count). The molecule has 2 atom stereocenters. The summed E-state index contributed by atoms with van der Waals surface area (Å²) >= 11 is 3.67. The van der Waals surface area contributed by atoms with Gasteiger partial charge in [0.2, 0.25) is 0 Å². The number of halogens is 1. The van der Waals surface area contributed by atoms with E-state index in [1.807, 2.05) is 6.92 Å². The summed E-state index contributed by atoms with van der Waals surface area (Å²) < 4.78 is 6.33. The van der Waals surface area contributed by atoms with E-state index < -0.39 is 0 Å². The van der Waals surface area contributed by atoms with Gasteiger partial charge in [-0.3, -0.25) is 4.79 Å². The van der Waals surface area contributed by atoms with E-state index in [0.717, 1.165) is 17.3 Å². The van der Waals surface area contributed by atoms with Crippen molar-refractivity contribution in [3.8, 4) is 0 Å². The predicted octanol–water partition coefficient (Wildman–Crippen LogP) is 4.47. The van der Waals surface area contributed by atoms with Gasteiger partial charge >= 0.3 is 5.97 Å². The Kier molecular flexibility index (Phi) is 3.82. The van der Waals surface area contributed by atoms with Crippen LogP contribution in [0.5, 0.6) is 0 Å². The molecule has 0 bridgehead atoms. The zero-order valence-electron chi connectivity index (χ0n) is 12.6. The van der Waals surface area contributed by atoms with Crippen molar-refractivity contribution in [1.82, 2.24) is 4.98 Å². The van der Waals surface area contributed by atoms with Crippen LogP contribution in [-0.2, 0) is 16.0 Å². The number of esters is 1. The summed E-state index contributed by atoms with van der Waals surface area (Å²) in [5.74, 6) is 0.263. The number of H-pyrrole nitrogens is 1. The molecule has 0 amide bonds. The average Bonchev–Trinajstić information content (AvgIpc) is 2.84. The van der Waals surface area contributed by atoms with Gasteiger partial charge in [-0.15, -0.1) is 0 Å². The van der Waals surface area contributed by atoms with Gasteiger partial charge in [0.05, 0.1) is 12.5 Å². The van der Waals surface area contributed by atoms with E-state index in [9.17, 15) is 4.79 Å². The zero-order chi connectivity index (χ0) is 15.1. The van der Waals surface area contributed by atoms with Gasteiger partial charge in [-0.1, -0.05) is 28.9 Å². The Labute approximate surface area is 133 Å². The molecule has 0 aliphatic heterocycles. The largest absolute Gasteiger partial charge is 0.466 e. The second kappa shape index (κ2) is 5.48. The molecule has 1 aromatic carbocycles. The number of aromatic nitrogens is 1. The van der Waals surface area contributed by atoms with Crippen LogP contribution in [0.3, 0.4) is 0 Å². The van der Waals surface area contributed by atoms with E-state index in [1.54, 1.807) is 0 Å². The number of aromatic amines is 1. The van der Waals surface area contributed by atoms with Crippen molar-refractivity contribution in [3.63, 3.8) is 0 Å². The first-order valence-corrected chi connectivity index (χ1v) is 8.28. The second-order valence-corrected chi connectivity index (χ2v) is 6.78. The van der Waals surface area contributed by atoms with Crippen LogP contribution < -0.4 is 0 Å². The van der Waals surface area contributed by atoms with Crippen LogP contribution in [0.4, 0.5) is 0 Å². The minimum absolute atomic E-state index is 0.0282. The van der Waals surface area contributed by atoms with Gasteiger partial charge in [0.25, 0.3) is 0 Å². The van der Waals surface area contributed by atoms with Crippen molar-refractivity contribution < 1.29 is 9.53 Å².